The molecule has 0 unspecified atom stereocenters. The lowest BCUT2D eigenvalue weighted by molar-refractivity contribution is 0.102. The highest BCUT2D eigenvalue weighted by Gasteiger charge is 2.15. The Morgan fingerprint density at radius 3 is 2.12 bits per heavy atom. The summed E-state index contributed by atoms with van der Waals surface area (Å²) >= 11 is 3.35. The van der Waals surface area contributed by atoms with Gasteiger partial charge in [0.25, 0.3) is 0 Å². The molecular formula is C19H10BrN5O. The number of benzene rings is 2. The summed E-state index contributed by atoms with van der Waals surface area (Å²) in [5, 5.41) is 20.8. The maximum absolute atomic E-state index is 12.6. The number of rotatable bonds is 4. The van der Waals surface area contributed by atoms with Gasteiger partial charge >= 0.3 is 0 Å². The van der Waals surface area contributed by atoms with Crippen LogP contribution in [0.4, 0.5) is 11.5 Å². The van der Waals surface area contributed by atoms with Crippen LogP contribution in [0.1, 0.15) is 27.3 Å². The quantitative estimate of drug-likeness (QED) is 0.661. The first-order valence-electron chi connectivity index (χ1n) is 7.45. The lowest BCUT2D eigenvalue weighted by Gasteiger charge is -2.09. The highest BCUT2D eigenvalue weighted by Crippen LogP contribution is 2.24. The number of carbonyl (C=O) groups is 1. The second kappa shape index (κ2) is 7.56. The fourth-order valence-electron chi connectivity index (χ4n) is 2.15. The van der Waals surface area contributed by atoms with E-state index in [9.17, 15) is 4.79 Å². The van der Waals surface area contributed by atoms with Gasteiger partial charge in [-0.05, 0) is 64.5 Å². The molecule has 0 radical (unpaired) electrons. The van der Waals surface area contributed by atoms with Crippen molar-refractivity contribution in [2.24, 2.45) is 0 Å². The molecule has 0 aliphatic heterocycles. The number of anilines is 2. The zero-order valence-electron chi connectivity index (χ0n) is 13.3. The molecule has 0 aliphatic carbocycles. The third kappa shape index (κ3) is 3.75. The van der Waals surface area contributed by atoms with Gasteiger partial charge in [0.15, 0.2) is 0 Å². The van der Waals surface area contributed by atoms with E-state index in [-0.39, 0.29) is 11.6 Å². The first-order chi connectivity index (χ1) is 12.6. The highest BCUT2D eigenvalue weighted by molar-refractivity contribution is 9.10. The van der Waals surface area contributed by atoms with Crippen molar-refractivity contribution >= 4 is 33.2 Å². The van der Waals surface area contributed by atoms with Gasteiger partial charge in [0, 0.05) is 17.4 Å². The fraction of sp³-hybridized carbons (Fsp3) is 0. The molecule has 2 aromatic carbocycles. The van der Waals surface area contributed by atoms with Crippen molar-refractivity contribution in [3.63, 3.8) is 0 Å². The number of hydrogen-bond acceptors (Lipinski definition) is 6. The van der Waals surface area contributed by atoms with Gasteiger partial charge in [-0.3, -0.25) is 4.79 Å². The van der Waals surface area contributed by atoms with E-state index >= 15 is 0 Å². The molecule has 0 saturated carbocycles. The van der Waals surface area contributed by atoms with Crippen molar-refractivity contribution in [3.05, 3.63) is 81.7 Å². The van der Waals surface area contributed by atoms with Crippen molar-refractivity contribution in [1.82, 2.24) is 9.97 Å². The third-order valence-electron chi connectivity index (χ3n) is 3.50. The minimum absolute atomic E-state index is 0.0362. The van der Waals surface area contributed by atoms with Gasteiger partial charge in [-0.25, -0.2) is 9.97 Å². The average Bonchev–Trinajstić information content (AvgIpc) is 2.70. The van der Waals surface area contributed by atoms with E-state index in [2.05, 4.69) is 37.3 Å². The summed E-state index contributed by atoms with van der Waals surface area (Å²) in [5.41, 5.74) is 2.14. The second-order valence-electron chi connectivity index (χ2n) is 5.22. The van der Waals surface area contributed by atoms with Crippen molar-refractivity contribution < 1.29 is 4.79 Å². The van der Waals surface area contributed by atoms with Crippen LogP contribution in [-0.4, -0.2) is 15.8 Å². The predicted octanol–water partition coefficient (Wildman–Crippen LogP) is 3.96. The number of nitrogens with one attached hydrogen (secondary N) is 1. The van der Waals surface area contributed by atoms with E-state index in [1.54, 1.807) is 48.5 Å². The number of aromatic nitrogens is 2. The number of ketones is 1. The van der Waals surface area contributed by atoms with E-state index < -0.39 is 0 Å². The van der Waals surface area contributed by atoms with Crippen molar-refractivity contribution in [3.8, 4) is 12.1 Å². The number of hydrogen-bond donors (Lipinski definition) is 1. The summed E-state index contributed by atoms with van der Waals surface area (Å²) in [7, 11) is 0. The van der Waals surface area contributed by atoms with Crippen LogP contribution >= 0.6 is 15.9 Å². The summed E-state index contributed by atoms with van der Waals surface area (Å²) in [6.07, 6.45) is 1.50. The summed E-state index contributed by atoms with van der Waals surface area (Å²) in [4.78, 5) is 20.9. The average molecular weight is 404 g/mol. The van der Waals surface area contributed by atoms with Gasteiger partial charge in [-0.2, -0.15) is 10.5 Å². The minimum Gasteiger partial charge on any atom is -0.339 e. The molecule has 0 saturated heterocycles. The topological polar surface area (TPSA) is 102 Å². The van der Waals surface area contributed by atoms with Crippen LogP contribution in [0.5, 0.6) is 0 Å². The predicted molar refractivity (Wildman–Crippen MR) is 98.8 cm³/mol. The minimum atomic E-state index is -0.343. The van der Waals surface area contributed by atoms with Crippen molar-refractivity contribution in [2.75, 3.05) is 5.32 Å². The molecule has 0 bridgehead atoms. The second-order valence-corrected chi connectivity index (χ2v) is 6.08. The van der Waals surface area contributed by atoms with Crippen LogP contribution in [-0.2, 0) is 0 Å². The molecule has 26 heavy (non-hydrogen) atoms. The lowest BCUT2D eigenvalue weighted by Crippen LogP contribution is -2.09. The van der Waals surface area contributed by atoms with Gasteiger partial charge in [0.2, 0.25) is 11.6 Å². The molecule has 0 spiro atoms. The molecule has 1 N–H and O–H groups in total. The molecule has 124 valence electrons. The summed E-state index contributed by atoms with van der Waals surface area (Å²) in [6.45, 7) is 0. The molecule has 1 aromatic heterocycles. The standard InChI is InChI=1S/C19H10BrN5O/c20-16-11-23-19(17(26)14-5-1-12(9-21)2-6-14)25-18(16)24-15-7-3-13(10-22)4-8-15/h1-8,11H,(H,23,24,25). The van der Waals surface area contributed by atoms with E-state index in [4.69, 9.17) is 10.5 Å². The molecule has 7 heteroatoms. The third-order valence-corrected chi connectivity index (χ3v) is 4.08. The van der Waals surface area contributed by atoms with Crippen LogP contribution in [0.15, 0.2) is 59.2 Å². The van der Waals surface area contributed by atoms with Crippen LogP contribution in [0.25, 0.3) is 0 Å². The molecule has 0 amide bonds. The Balaban J connectivity index is 1.87. The Kier molecular flexibility index (Phi) is 5.02. The van der Waals surface area contributed by atoms with Gasteiger partial charge in [0.05, 0.1) is 27.7 Å². The van der Waals surface area contributed by atoms with Gasteiger partial charge in [-0.1, -0.05) is 0 Å². The van der Waals surface area contributed by atoms with Crippen molar-refractivity contribution in [2.45, 2.75) is 0 Å². The first kappa shape index (κ1) is 17.3. The molecule has 0 atom stereocenters. The van der Waals surface area contributed by atoms with E-state index in [0.717, 1.165) is 5.69 Å². The highest BCUT2D eigenvalue weighted by atomic mass is 79.9. The van der Waals surface area contributed by atoms with Gasteiger partial charge in [0.1, 0.15) is 5.82 Å². The Bertz CT molecular complexity index is 1050. The van der Waals surface area contributed by atoms with Crippen LogP contribution < -0.4 is 5.32 Å². The number of halogens is 1. The van der Waals surface area contributed by atoms with Crippen molar-refractivity contribution in [1.29, 1.82) is 10.5 Å². The Labute approximate surface area is 157 Å². The Morgan fingerprint density at radius 2 is 1.54 bits per heavy atom. The monoisotopic (exact) mass is 403 g/mol. The maximum atomic E-state index is 12.6. The van der Waals surface area contributed by atoms with Crippen LogP contribution in [0.2, 0.25) is 0 Å². The molecule has 6 nitrogen and oxygen atoms in total. The molecule has 3 rings (SSSR count). The molecule has 1 heterocycles. The van der Waals surface area contributed by atoms with Crippen LogP contribution in [0.3, 0.4) is 0 Å². The van der Waals surface area contributed by atoms with E-state index in [0.29, 0.717) is 27.0 Å². The first-order valence-corrected chi connectivity index (χ1v) is 8.24. The SMILES string of the molecule is N#Cc1ccc(Nc2nc(C(=O)c3ccc(C#N)cc3)ncc2Br)cc1. The summed E-state index contributed by atoms with van der Waals surface area (Å²) < 4.78 is 0.596. The number of nitrogens with zero attached hydrogens (tertiary/aromatic N) is 4. The van der Waals surface area contributed by atoms with Gasteiger partial charge in [-0.15, -0.1) is 0 Å². The number of carbonyl (C=O) groups excluding carboxylic acids is 1. The summed E-state index contributed by atoms with van der Waals surface area (Å²) in [5.74, 6) is 0.126. The lowest BCUT2D eigenvalue weighted by atomic mass is 10.1. The Hall–Kier alpha value is -3.55. The molecule has 0 aliphatic rings. The normalized spacial score (nSPS) is 9.81. The van der Waals surface area contributed by atoms with Crippen LogP contribution in [0, 0.1) is 22.7 Å². The van der Waals surface area contributed by atoms with E-state index in [1.165, 1.54) is 6.20 Å². The largest absolute Gasteiger partial charge is 0.339 e. The summed E-state index contributed by atoms with van der Waals surface area (Å²) in [6, 6.07) is 17.2. The number of nitriles is 2. The molecule has 0 fully saturated rings. The maximum Gasteiger partial charge on any atom is 0.230 e. The molecular weight excluding hydrogens is 394 g/mol. The van der Waals surface area contributed by atoms with Gasteiger partial charge < -0.3 is 5.32 Å². The zero-order chi connectivity index (χ0) is 18.5. The zero-order valence-corrected chi connectivity index (χ0v) is 14.9. The smallest absolute Gasteiger partial charge is 0.230 e. The Morgan fingerprint density at radius 1 is 0.962 bits per heavy atom. The molecule has 3 aromatic rings. The van der Waals surface area contributed by atoms with E-state index in [1.807, 2.05) is 6.07 Å². The fourth-order valence-corrected chi connectivity index (χ4v) is 2.44.